The first-order chi connectivity index (χ1) is 14.0. The molecule has 1 amide bonds. The minimum atomic E-state index is -0.122. The number of carbonyl (C=O) groups excluding carboxylic acids is 2. The molecule has 1 aromatic heterocycles. The lowest BCUT2D eigenvalue weighted by Gasteiger charge is -2.06. The number of hydrogen-bond acceptors (Lipinski definition) is 5. The van der Waals surface area contributed by atoms with Gasteiger partial charge in [0.2, 0.25) is 5.91 Å². The summed E-state index contributed by atoms with van der Waals surface area (Å²) in [5.41, 5.74) is 2.63. The maximum absolute atomic E-state index is 12.2. The van der Waals surface area contributed by atoms with E-state index in [9.17, 15) is 9.59 Å². The summed E-state index contributed by atoms with van der Waals surface area (Å²) in [6.07, 6.45) is 1.08. The fraction of sp³-hybridized carbons (Fsp3) is 0.273. The van der Waals surface area contributed by atoms with E-state index in [1.807, 2.05) is 17.7 Å². The monoisotopic (exact) mass is 406 g/mol. The normalized spacial score (nSPS) is 17.7. The van der Waals surface area contributed by atoms with Crippen molar-refractivity contribution in [3.63, 3.8) is 0 Å². The number of aromatic nitrogens is 3. The second-order valence-electron chi connectivity index (χ2n) is 7.23. The van der Waals surface area contributed by atoms with Crippen LogP contribution in [0.5, 0.6) is 0 Å². The van der Waals surface area contributed by atoms with Gasteiger partial charge in [-0.1, -0.05) is 42.1 Å². The third-order valence-electron chi connectivity index (χ3n) is 5.13. The molecule has 1 aliphatic carbocycles. The fourth-order valence-corrected chi connectivity index (χ4v) is 4.16. The summed E-state index contributed by atoms with van der Waals surface area (Å²) in [6, 6.07) is 17.4. The highest BCUT2D eigenvalue weighted by molar-refractivity contribution is 7.99. The minimum Gasteiger partial charge on any atom is -0.325 e. The summed E-state index contributed by atoms with van der Waals surface area (Å²) in [4.78, 5) is 23.6. The summed E-state index contributed by atoms with van der Waals surface area (Å²) in [7, 11) is 1.95. The van der Waals surface area contributed by atoms with Crippen molar-refractivity contribution in [2.24, 2.45) is 7.05 Å². The zero-order chi connectivity index (χ0) is 20.4. The number of thioether (sulfide) groups is 1. The molecule has 1 saturated carbocycles. The standard InChI is InChI=1S/C22H22N4O2S/c1-14(27)15-8-10-17(11-9-15)23-20(28)13-29-22-25-24-21(26(22)2)19-12-18(19)16-6-4-3-5-7-16/h3-11,18-19H,12-13H2,1-2H3,(H,23,28). The molecule has 0 aliphatic heterocycles. The number of amides is 1. The van der Waals surface area contributed by atoms with Gasteiger partial charge in [0.15, 0.2) is 10.9 Å². The van der Waals surface area contributed by atoms with Crippen LogP contribution in [0.2, 0.25) is 0 Å². The van der Waals surface area contributed by atoms with Gasteiger partial charge in [0.1, 0.15) is 5.82 Å². The first-order valence-electron chi connectivity index (χ1n) is 9.51. The molecule has 0 bridgehead atoms. The summed E-state index contributed by atoms with van der Waals surface area (Å²) >= 11 is 1.37. The molecule has 1 heterocycles. The fourth-order valence-electron chi connectivity index (χ4n) is 3.44. The lowest BCUT2D eigenvalue weighted by Crippen LogP contribution is -2.14. The number of nitrogens with zero attached hydrogens (tertiary/aromatic N) is 3. The van der Waals surface area contributed by atoms with E-state index >= 15 is 0 Å². The Hall–Kier alpha value is -2.93. The highest BCUT2D eigenvalue weighted by Gasteiger charge is 2.42. The molecule has 1 N–H and O–H groups in total. The van der Waals surface area contributed by atoms with E-state index in [-0.39, 0.29) is 17.4 Å². The van der Waals surface area contributed by atoms with Crippen LogP contribution in [0, 0.1) is 0 Å². The van der Waals surface area contributed by atoms with Crippen molar-refractivity contribution in [3.05, 3.63) is 71.5 Å². The Morgan fingerprint density at radius 1 is 1.07 bits per heavy atom. The molecule has 3 aromatic rings. The van der Waals surface area contributed by atoms with Crippen molar-refractivity contribution in [1.29, 1.82) is 0 Å². The lowest BCUT2D eigenvalue weighted by molar-refractivity contribution is -0.113. The summed E-state index contributed by atoms with van der Waals surface area (Å²) in [6.45, 7) is 1.52. The lowest BCUT2D eigenvalue weighted by atomic mass is 10.1. The maximum atomic E-state index is 12.2. The van der Waals surface area contributed by atoms with Crippen LogP contribution < -0.4 is 5.32 Å². The third-order valence-corrected chi connectivity index (χ3v) is 6.15. The van der Waals surface area contributed by atoms with E-state index in [1.165, 1.54) is 24.2 Å². The predicted octanol–water partition coefficient (Wildman–Crippen LogP) is 4.02. The zero-order valence-electron chi connectivity index (χ0n) is 16.3. The van der Waals surface area contributed by atoms with Crippen LogP contribution in [-0.4, -0.2) is 32.2 Å². The van der Waals surface area contributed by atoms with E-state index in [2.05, 4.69) is 39.8 Å². The van der Waals surface area contributed by atoms with Gasteiger partial charge >= 0.3 is 0 Å². The highest BCUT2D eigenvalue weighted by atomic mass is 32.2. The average Bonchev–Trinajstić information content (AvgIpc) is 3.44. The minimum absolute atomic E-state index is 0.00156. The molecule has 29 heavy (non-hydrogen) atoms. The SMILES string of the molecule is CC(=O)c1ccc(NC(=O)CSc2nnc(C3CC3c3ccccc3)n2C)cc1. The van der Waals surface area contributed by atoms with Crippen molar-refractivity contribution in [2.45, 2.75) is 30.3 Å². The summed E-state index contributed by atoms with van der Waals surface area (Å²) in [5, 5.41) is 12.2. The van der Waals surface area contributed by atoms with Crippen LogP contribution >= 0.6 is 11.8 Å². The van der Waals surface area contributed by atoms with Gasteiger partial charge in [0.25, 0.3) is 0 Å². The van der Waals surface area contributed by atoms with E-state index in [1.54, 1.807) is 24.3 Å². The molecular weight excluding hydrogens is 384 g/mol. The van der Waals surface area contributed by atoms with Gasteiger partial charge in [-0.2, -0.15) is 0 Å². The largest absolute Gasteiger partial charge is 0.325 e. The van der Waals surface area contributed by atoms with E-state index in [4.69, 9.17) is 0 Å². The van der Waals surface area contributed by atoms with Gasteiger partial charge in [0.05, 0.1) is 5.75 Å². The number of rotatable bonds is 7. The van der Waals surface area contributed by atoms with Gasteiger partial charge in [-0.3, -0.25) is 9.59 Å². The van der Waals surface area contributed by atoms with Crippen molar-refractivity contribution >= 4 is 29.1 Å². The van der Waals surface area contributed by atoms with Gasteiger partial charge in [-0.15, -0.1) is 10.2 Å². The molecule has 2 unspecified atom stereocenters. The smallest absolute Gasteiger partial charge is 0.234 e. The van der Waals surface area contributed by atoms with Gasteiger partial charge in [0, 0.05) is 24.2 Å². The van der Waals surface area contributed by atoms with Gasteiger partial charge in [-0.25, -0.2) is 0 Å². The van der Waals surface area contributed by atoms with Gasteiger partial charge < -0.3 is 9.88 Å². The number of Topliss-reactive ketones (excluding diaryl/α,β-unsaturated/α-hetero) is 1. The Morgan fingerprint density at radius 2 is 1.79 bits per heavy atom. The Kier molecular flexibility index (Phi) is 5.49. The molecule has 1 fully saturated rings. The number of benzene rings is 2. The van der Waals surface area contributed by atoms with E-state index in [0.717, 1.165) is 17.4 Å². The second-order valence-corrected chi connectivity index (χ2v) is 8.17. The number of carbonyl (C=O) groups is 2. The van der Waals surface area contributed by atoms with Crippen LogP contribution in [0.4, 0.5) is 5.69 Å². The Bertz CT molecular complexity index is 1030. The average molecular weight is 407 g/mol. The zero-order valence-corrected chi connectivity index (χ0v) is 17.1. The Morgan fingerprint density at radius 3 is 2.48 bits per heavy atom. The second kappa shape index (κ2) is 8.21. The van der Waals surface area contributed by atoms with Crippen LogP contribution in [0.15, 0.2) is 59.8 Å². The Balaban J connectivity index is 1.32. The Labute approximate surface area is 173 Å². The van der Waals surface area contributed by atoms with Crippen molar-refractivity contribution in [2.75, 3.05) is 11.1 Å². The molecule has 6 nitrogen and oxygen atoms in total. The molecule has 7 heteroatoms. The molecule has 0 spiro atoms. The molecular formula is C22H22N4O2S. The molecule has 4 rings (SSSR count). The summed E-state index contributed by atoms with van der Waals surface area (Å²) in [5.74, 6) is 1.98. The maximum Gasteiger partial charge on any atom is 0.234 e. The molecule has 0 saturated heterocycles. The number of ketones is 1. The van der Waals surface area contributed by atoms with Crippen molar-refractivity contribution in [1.82, 2.24) is 14.8 Å². The molecule has 148 valence electrons. The van der Waals surface area contributed by atoms with E-state index in [0.29, 0.717) is 23.1 Å². The number of anilines is 1. The predicted molar refractivity (Wildman–Crippen MR) is 113 cm³/mol. The van der Waals surface area contributed by atoms with Crippen molar-refractivity contribution < 1.29 is 9.59 Å². The van der Waals surface area contributed by atoms with Crippen molar-refractivity contribution in [3.8, 4) is 0 Å². The third kappa shape index (κ3) is 4.40. The van der Waals surface area contributed by atoms with E-state index < -0.39 is 0 Å². The van der Waals surface area contributed by atoms with Crippen LogP contribution in [0.1, 0.15) is 46.9 Å². The topological polar surface area (TPSA) is 76.9 Å². The van der Waals surface area contributed by atoms with Crippen LogP contribution in [-0.2, 0) is 11.8 Å². The molecule has 2 aromatic carbocycles. The first-order valence-corrected chi connectivity index (χ1v) is 10.5. The van der Waals surface area contributed by atoms with Crippen LogP contribution in [0.3, 0.4) is 0 Å². The van der Waals surface area contributed by atoms with Gasteiger partial charge in [-0.05, 0) is 49.1 Å². The first kappa shape index (κ1) is 19.4. The molecule has 1 aliphatic rings. The quantitative estimate of drug-likeness (QED) is 0.474. The van der Waals surface area contributed by atoms with Crippen LogP contribution in [0.25, 0.3) is 0 Å². The highest BCUT2D eigenvalue weighted by Crippen LogP contribution is 2.54. The number of hydrogen-bond donors (Lipinski definition) is 1. The number of nitrogens with one attached hydrogen (secondary N) is 1. The summed E-state index contributed by atoms with van der Waals surface area (Å²) < 4.78 is 1.99. The molecule has 2 atom stereocenters. The molecule has 0 radical (unpaired) electrons.